The molecule has 0 spiro atoms. The van der Waals surface area contributed by atoms with Crippen LogP contribution in [0.3, 0.4) is 0 Å². The monoisotopic (exact) mass is 526 g/mol. The number of nitrogens with one attached hydrogen (secondary N) is 4. The molecule has 0 aromatic rings. The summed E-state index contributed by atoms with van der Waals surface area (Å²) in [6.45, 7) is 1.89. The molecule has 0 saturated carbocycles. The lowest BCUT2D eigenvalue weighted by Crippen LogP contribution is -2.57. The molecule has 1 rings (SSSR count). The van der Waals surface area contributed by atoms with E-state index < -0.39 is 66.6 Å². The van der Waals surface area contributed by atoms with Crippen molar-refractivity contribution in [1.29, 1.82) is 5.41 Å². The number of nitrogens with zero attached hydrogens (tertiary/aromatic N) is 1. The normalized spacial score (nSPS) is 17.2. The average molecular weight is 526 g/mol. The first-order valence-corrected chi connectivity index (χ1v) is 11.1. The molecule has 0 unspecified atom stereocenters. The van der Waals surface area contributed by atoms with Gasteiger partial charge >= 0.3 is 18.2 Å². The summed E-state index contributed by atoms with van der Waals surface area (Å²) in [6.07, 6.45) is -6.34. The van der Waals surface area contributed by atoms with Crippen LogP contribution in [-0.4, -0.2) is 84.6 Å². The standard InChI is InChI=1S/C20H30F4N6O6/c1-10(2)14(29-19(35)36-17(34)20(22,23)24)16(33)30-8-4-6-12(30)15(32)28-11(13(31)9-21)5-3-7-27-18(25)26/h10-12,14H,3-9H2,1-2H3,(H,28,32)(H,29,35)(H4,25,26,27)/t11-,12-,14-/m0/s1. The first-order chi connectivity index (χ1) is 16.7. The van der Waals surface area contributed by atoms with E-state index in [0.717, 1.165) is 4.90 Å². The van der Waals surface area contributed by atoms with Gasteiger partial charge in [0.05, 0.1) is 6.04 Å². The van der Waals surface area contributed by atoms with Crippen molar-refractivity contribution in [2.24, 2.45) is 11.7 Å². The van der Waals surface area contributed by atoms with Gasteiger partial charge in [-0.1, -0.05) is 13.8 Å². The Morgan fingerprint density at radius 1 is 1.17 bits per heavy atom. The number of ketones is 1. The van der Waals surface area contributed by atoms with Crippen molar-refractivity contribution < 1.29 is 46.3 Å². The van der Waals surface area contributed by atoms with Crippen LogP contribution < -0.4 is 21.7 Å². The molecule has 0 bridgehead atoms. The highest BCUT2D eigenvalue weighted by molar-refractivity contribution is 5.95. The number of amides is 3. The number of ether oxygens (including phenoxy) is 1. The summed E-state index contributed by atoms with van der Waals surface area (Å²) in [7, 11) is 0. The lowest BCUT2D eigenvalue weighted by Gasteiger charge is -2.31. The average Bonchev–Trinajstić information content (AvgIpc) is 3.27. The van der Waals surface area contributed by atoms with E-state index in [0.29, 0.717) is 6.42 Å². The second kappa shape index (κ2) is 13.6. The van der Waals surface area contributed by atoms with E-state index >= 15 is 0 Å². The number of nitrogens with two attached hydrogens (primary N) is 1. The van der Waals surface area contributed by atoms with Crippen LogP contribution >= 0.6 is 0 Å². The zero-order valence-corrected chi connectivity index (χ0v) is 19.7. The van der Waals surface area contributed by atoms with Gasteiger partial charge in [0.25, 0.3) is 0 Å². The van der Waals surface area contributed by atoms with Crippen molar-refractivity contribution in [2.45, 2.75) is 63.8 Å². The Kier molecular flexibility index (Phi) is 11.5. The quantitative estimate of drug-likeness (QED) is 0.0627. The van der Waals surface area contributed by atoms with Crippen LogP contribution in [-0.2, 0) is 23.9 Å². The summed E-state index contributed by atoms with van der Waals surface area (Å²) in [5, 5.41) is 13.9. The van der Waals surface area contributed by atoms with Gasteiger partial charge in [0.15, 0.2) is 11.7 Å². The highest BCUT2D eigenvalue weighted by Gasteiger charge is 2.44. The highest BCUT2D eigenvalue weighted by Crippen LogP contribution is 2.21. The number of alkyl carbamates (subject to hydrolysis) is 1. The third-order valence-corrected chi connectivity index (χ3v) is 5.28. The largest absolute Gasteiger partial charge is 0.491 e. The van der Waals surface area contributed by atoms with Crippen molar-refractivity contribution in [3.05, 3.63) is 0 Å². The van der Waals surface area contributed by atoms with Crippen molar-refractivity contribution in [2.75, 3.05) is 19.8 Å². The fraction of sp³-hybridized carbons (Fsp3) is 0.700. The molecule has 1 aliphatic rings. The number of carbonyl (C=O) groups is 5. The molecule has 12 nitrogen and oxygen atoms in total. The number of carbonyl (C=O) groups excluding carboxylic acids is 5. The number of Topliss-reactive ketones (excluding diaryl/α,β-unsaturated/α-hetero) is 1. The minimum absolute atomic E-state index is 0.0324. The van der Waals surface area contributed by atoms with Gasteiger partial charge in [0, 0.05) is 13.1 Å². The number of hydrogen-bond acceptors (Lipinski definition) is 7. The smallest absolute Gasteiger partial charge is 0.370 e. The van der Waals surface area contributed by atoms with Gasteiger partial charge in [-0.05, 0) is 31.6 Å². The van der Waals surface area contributed by atoms with Crippen molar-refractivity contribution in [3.8, 4) is 0 Å². The Bertz CT molecular complexity index is 853. The maximum absolute atomic E-state index is 13.1. The summed E-state index contributed by atoms with van der Waals surface area (Å²) >= 11 is 0. The fourth-order valence-electron chi connectivity index (χ4n) is 3.50. The lowest BCUT2D eigenvalue weighted by atomic mass is 10.0. The van der Waals surface area contributed by atoms with Crippen molar-refractivity contribution in [1.82, 2.24) is 20.9 Å². The van der Waals surface area contributed by atoms with Crippen molar-refractivity contribution >= 4 is 35.6 Å². The van der Waals surface area contributed by atoms with Gasteiger partial charge in [-0.25, -0.2) is 14.0 Å². The predicted octanol–water partition coefficient (Wildman–Crippen LogP) is 0.104. The van der Waals surface area contributed by atoms with Crippen LogP contribution in [0.2, 0.25) is 0 Å². The Balaban J connectivity index is 2.89. The van der Waals surface area contributed by atoms with Crippen molar-refractivity contribution in [3.63, 3.8) is 0 Å². The van der Waals surface area contributed by atoms with E-state index in [9.17, 15) is 41.5 Å². The topological polar surface area (TPSA) is 184 Å². The SMILES string of the molecule is CC(C)[C@H](NC(=O)OC(=O)C(F)(F)F)C(=O)N1CCC[C@H]1C(=O)N[C@@H](CCCNC(=N)N)C(=O)CF. The van der Waals surface area contributed by atoms with Crippen LogP contribution in [0.5, 0.6) is 0 Å². The first-order valence-electron chi connectivity index (χ1n) is 11.1. The molecule has 0 aromatic heterocycles. The summed E-state index contributed by atoms with van der Waals surface area (Å²) in [5.41, 5.74) is 5.16. The molecule has 0 aliphatic carbocycles. The van der Waals surface area contributed by atoms with Gasteiger partial charge in [-0.3, -0.25) is 19.8 Å². The molecule has 36 heavy (non-hydrogen) atoms. The molecule has 16 heteroatoms. The van der Waals surface area contributed by atoms with Crippen LogP contribution in [0.25, 0.3) is 0 Å². The molecule has 0 radical (unpaired) electrons. The number of rotatable bonds is 11. The molecular weight excluding hydrogens is 496 g/mol. The minimum atomic E-state index is -5.41. The van der Waals surface area contributed by atoms with Gasteiger partial charge in [-0.15, -0.1) is 0 Å². The van der Waals surface area contributed by atoms with E-state index in [1.807, 2.05) is 5.32 Å². The Hall–Kier alpha value is -3.46. The maximum Gasteiger partial charge on any atom is 0.491 e. The molecule has 0 aromatic carbocycles. The molecule has 6 N–H and O–H groups in total. The third-order valence-electron chi connectivity index (χ3n) is 5.28. The maximum atomic E-state index is 13.1. The molecule has 1 fully saturated rings. The van der Waals surface area contributed by atoms with Crippen LogP contribution in [0.15, 0.2) is 0 Å². The summed E-state index contributed by atoms with van der Waals surface area (Å²) in [6, 6.07) is -3.71. The molecule has 3 amide bonds. The van der Waals surface area contributed by atoms with Gasteiger partial charge in [0.2, 0.25) is 11.8 Å². The molecule has 204 valence electrons. The van der Waals surface area contributed by atoms with Gasteiger partial charge < -0.3 is 31.3 Å². The molecular formula is C20H30F4N6O6. The van der Waals surface area contributed by atoms with Crippen LogP contribution in [0.1, 0.15) is 39.5 Å². The van der Waals surface area contributed by atoms with E-state index in [4.69, 9.17) is 11.1 Å². The fourth-order valence-corrected chi connectivity index (χ4v) is 3.50. The van der Waals surface area contributed by atoms with E-state index in [-0.39, 0.29) is 38.3 Å². The van der Waals surface area contributed by atoms with Gasteiger partial charge in [-0.2, -0.15) is 13.2 Å². The molecule has 1 heterocycles. The third kappa shape index (κ3) is 9.30. The summed E-state index contributed by atoms with van der Waals surface area (Å²) < 4.78 is 53.7. The zero-order valence-electron chi connectivity index (χ0n) is 19.7. The number of guanidine groups is 1. The van der Waals surface area contributed by atoms with E-state index in [2.05, 4.69) is 15.4 Å². The molecule has 1 saturated heterocycles. The second-order valence-corrected chi connectivity index (χ2v) is 8.37. The Morgan fingerprint density at radius 2 is 1.81 bits per heavy atom. The van der Waals surface area contributed by atoms with E-state index in [1.54, 1.807) is 0 Å². The molecule has 1 aliphatic heterocycles. The van der Waals surface area contributed by atoms with E-state index in [1.165, 1.54) is 13.8 Å². The Labute approximate surface area is 204 Å². The highest BCUT2D eigenvalue weighted by atomic mass is 19.4. The number of likely N-dealkylation sites (tertiary alicyclic amines) is 1. The summed E-state index contributed by atoms with van der Waals surface area (Å²) in [5.74, 6) is -6.16. The van der Waals surface area contributed by atoms with Gasteiger partial charge in [0.1, 0.15) is 18.8 Å². The summed E-state index contributed by atoms with van der Waals surface area (Å²) in [4.78, 5) is 61.6. The number of esters is 1. The Morgan fingerprint density at radius 3 is 2.33 bits per heavy atom. The first kappa shape index (κ1) is 30.6. The molecule has 3 atom stereocenters. The second-order valence-electron chi connectivity index (χ2n) is 8.37. The predicted molar refractivity (Wildman–Crippen MR) is 116 cm³/mol. The minimum Gasteiger partial charge on any atom is -0.370 e. The van der Waals surface area contributed by atoms with Crippen LogP contribution in [0, 0.1) is 11.3 Å². The number of halogens is 4. The number of hydrogen-bond donors (Lipinski definition) is 5. The van der Waals surface area contributed by atoms with Crippen LogP contribution in [0.4, 0.5) is 22.4 Å². The lowest BCUT2D eigenvalue weighted by molar-refractivity contribution is -0.193. The number of alkyl halides is 4. The zero-order chi connectivity index (χ0) is 27.6.